The van der Waals surface area contributed by atoms with Crippen molar-refractivity contribution in [2.75, 3.05) is 0 Å². The van der Waals surface area contributed by atoms with Gasteiger partial charge in [0.15, 0.2) is 9.37 Å². The van der Waals surface area contributed by atoms with Crippen molar-refractivity contribution in [2.24, 2.45) is 0 Å². The number of carbonyl (C=O) groups is 1. The summed E-state index contributed by atoms with van der Waals surface area (Å²) < 4.78 is 6.12. The summed E-state index contributed by atoms with van der Waals surface area (Å²) in [5, 5.41) is 13.8. The molecule has 26 heavy (non-hydrogen) atoms. The number of hydrogen-bond acceptors (Lipinski definition) is 7. The Bertz CT molecular complexity index is 955. The fraction of sp³-hybridized carbons (Fsp3) is 0.250. The smallest absolute Gasteiger partial charge is 0.362 e. The van der Waals surface area contributed by atoms with Gasteiger partial charge in [-0.05, 0) is 43.2 Å². The molecule has 2 aromatic heterocycles. The topological polar surface area (TPSA) is 80.8 Å². The summed E-state index contributed by atoms with van der Waals surface area (Å²) in [4.78, 5) is 16.8. The van der Waals surface area contributed by atoms with E-state index in [2.05, 4.69) is 20.4 Å². The molecule has 1 aliphatic rings. The lowest BCUT2D eigenvalue weighted by atomic mass is 9.96. The Morgan fingerprint density at radius 3 is 2.85 bits per heavy atom. The van der Waals surface area contributed by atoms with Crippen molar-refractivity contribution in [1.29, 1.82) is 0 Å². The maximum Gasteiger partial charge on any atom is 0.362 e. The number of aromatic nitrogens is 4. The summed E-state index contributed by atoms with van der Waals surface area (Å²) in [6.07, 6.45) is 2.91. The Morgan fingerprint density at radius 1 is 1.27 bits per heavy atom. The maximum atomic E-state index is 12.2. The molecule has 6 nitrogen and oxygen atoms in total. The normalized spacial score (nSPS) is 14.2. The standard InChI is InChI=1S/C16H12Cl2N4O2S2/c17-10-5-4-8(6-11(10)18)12-7-25-16(19-12)26-14-13(20-22-21-14)15(23)24-9-2-1-3-9/h4-7,9H,1-3H2,(H,20,21,22). The third-order valence-electron chi connectivity index (χ3n) is 3.92. The highest BCUT2D eigenvalue weighted by atomic mass is 35.5. The quantitative estimate of drug-likeness (QED) is 0.571. The van der Waals surface area contributed by atoms with E-state index in [0.29, 0.717) is 15.1 Å². The SMILES string of the molecule is O=C(OC1CCC1)c1n[nH]nc1Sc1nc(-c2ccc(Cl)c(Cl)c2)cs1. The molecule has 4 rings (SSSR count). The Labute approximate surface area is 167 Å². The zero-order valence-corrected chi connectivity index (χ0v) is 16.4. The highest BCUT2D eigenvalue weighted by molar-refractivity contribution is 8.01. The van der Waals surface area contributed by atoms with Gasteiger partial charge in [0, 0.05) is 10.9 Å². The number of benzene rings is 1. The van der Waals surface area contributed by atoms with Crippen LogP contribution in [0.2, 0.25) is 10.0 Å². The molecule has 1 aliphatic carbocycles. The van der Waals surface area contributed by atoms with Crippen LogP contribution >= 0.6 is 46.3 Å². The van der Waals surface area contributed by atoms with Crippen LogP contribution in [-0.4, -0.2) is 32.5 Å². The molecular weight excluding hydrogens is 415 g/mol. The van der Waals surface area contributed by atoms with E-state index in [4.69, 9.17) is 27.9 Å². The van der Waals surface area contributed by atoms with E-state index in [1.807, 2.05) is 11.4 Å². The van der Waals surface area contributed by atoms with E-state index in [1.165, 1.54) is 23.1 Å². The fourth-order valence-electron chi connectivity index (χ4n) is 2.30. The van der Waals surface area contributed by atoms with Gasteiger partial charge in [-0.15, -0.1) is 21.5 Å². The first-order valence-electron chi connectivity index (χ1n) is 7.80. The lowest BCUT2D eigenvalue weighted by Gasteiger charge is -2.24. The largest absolute Gasteiger partial charge is 0.458 e. The number of thiazole rings is 1. The molecule has 0 unspecified atom stereocenters. The van der Waals surface area contributed by atoms with E-state index in [1.54, 1.807) is 12.1 Å². The van der Waals surface area contributed by atoms with Gasteiger partial charge in [0.1, 0.15) is 6.10 Å². The summed E-state index contributed by atoms with van der Waals surface area (Å²) in [5.41, 5.74) is 1.83. The second kappa shape index (κ2) is 7.56. The summed E-state index contributed by atoms with van der Waals surface area (Å²) in [5.74, 6) is -0.452. The molecular formula is C16H12Cl2N4O2S2. The molecule has 10 heteroatoms. The van der Waals surface area contributed by atoms with Gasteiger partial charge in [-0.25, -0.2) is 9.78 Å². The first-order valence-corrected chi connectivity index (χ1v) is 10.3. The molecule has 0 bridgehead atoms. The van der Waals surface area contributed by atoms with Crippen LogP contribution in [-0.2, 0) is 4.74 Å². The predicted molar refractivity (Wildman–Crippen MR) is 101 cm³/mol. The van der Waals surface area contributed by atoms with Crippen molar-refractivity contribution in [3.63, 3.8) is 0 Å². The van der Waals surface area contributed by atoms with Crippen LogP contribution in [0, 0.1) is 0 Å². The Hall–Kier alpha value is -1.61. The van der Waals surface area contributed by atoms with Crippen LogP contribution in [0.25, 0.3) is 11.3 Å². The van der Waals surface area contributed by atoms with Crippen molar-refractivity contribution in [2.45, 2.75) is 34.7 Å². The van der Waals surface area contributed by atoms with Gasteiger partial charge in [0.05, 0.1) is 15.7 Å². The Balaban J connectivity index is 1.50. The van der Waals surface area contributed by atoms with Crippen molar-refractivity contribution in [3.05, 3.63) is 39.3 Å². The van der Waals surface area contributed by atoms with E-state index in [-0.39, 0.29) is 11.8 Å². The van der Waals surface area contributed by atoms with Crippen LogP contribution in [0.15, 0.2) is 32.9 Å². The lowest BCUT2D eigenvalue weighted by molar-refractivity contribution is 0.00796. The third-order valence-corrected chi connectivity index (χ3v) is 6.57. The Kier molecular flexibility index (Phi) is 5.17. The summed E-state index contributed by atoms with van der Waals surface area (Å²) in [6, 6.07) is 5.36. The first kappa shape index (κ1) is 17.8. The molecule has 0 saturated heterocycles. The number of nitrogens with zero attached hydrogens (tertiary/aromatic N) is 3. The van der Waals surface area contributed by atoms with Gasteiger partial charge in [-0.3, -0.25) is 0 Å². The molecule has 2 heterocycles. The highest BCUT2D eigenvalue weighted by Gasteiger charge is 2.26. The highest BCUT2D eigenvalue weighted by Crippen LogP contribution is 2.35. The number of aromatic amines is 1. The molecule has 134 valence electrons. The average molecular weight is 427 g/mol. The minimum absolute atomic E-state index is 0.00170. The molecule has 1 fully saturated rings. The van der Waals surface area contributed by atoms with Crippen LogP contribution in [0.4, 0.5) is 0 Å². The van der Waals surface area contributed by atoms with Crippen LogP contribution < -0.4 is 0 Å². The predicted octanol–water partition coefficient (Wildman–Crippen LogP) is 5.10. The fourth-order valence-corrected chi connectivity index (χ4v) is 4.34. The zero-order valence-electron chi connectivity index (χ0n) is 13.2. The van der Waals surface area contributed by atoms with Gasteiger partial charge >= 0.3 is 5.97 Å². The molecule has 1 N–H and O–H groups in total. The minimum Gasteiger partial charge on any atom is -0.458 e. The number of ether oxygens (including phenoxy) is 1. The molecule has 0 radical (unpaired) electrons. The first-order chi connectivity index (χ1) is 12.6. The molecule has 0 spiro atoms. The van der Waals surface area contributed by atoms with Crippen molar-refractivity contribution >= 4 is 52.3 Å². The molecule has 1 saturated carbocycles. The molecule has 0 amide bonds. The van der Waals surface area contributed by atoms with Crippen molar-refractivity contribution < 1.29 is 9.53 Å². The number of esters is 1. The van der Waals surface area contributed by atoms with Gasteiger partial charge < -0.3 is 4.74 Å². The second-order valence-corrected chi connectivity index (χ2v) is 8.57. The van der Waals surface area contributed by atoms with E-state index in [9.17, 15) is 4.79 Å². The second-order valence-electron chi connectivity index (χ2n) is 5.67. The number of rotatable bonds is 5. The number of nitrogens with one attached hydrogen (secondary N) is 1. The average Bonchev–Trinajstić information content (AvgIpc) is 3.23. The molecule has 1 aromatic carbocycles. The maximum absolute atomic E-state index is 12.2. The Morgan fingerprint density at radius 2 is 2.12 bits per heavy atom. The molecule has 0 aliphatic heterocycles. The van der Waals surface area contributed by atoms with E-state index < -0.39 is 5.97 Å². The zero-order chi connectivity index (χ0) is 18.1. The number of carbonyl (C=O) groups excluding carboxylic acids is 1. The van der Waals surface area contributed by atoms with E-state index >= 15 is 0 Å². The molecule has 0 atom stereocenters. The number of hydrogen-bond donors (Lipinski definition) is 1. The van der Waals surface area contributed by atoms with Gasteiger partial charge in [-0.2, -0.15) is 5.21 Å². The number of H-pyrrole nitrogens is 1. The minimum atomic E-state index is -0.452. The molecule has 3 aromatic rings. The van der Waals surface area contributed by atoms with Gasteiger partial charge in [0.2, 0.25) is 5.69 Å². The van der Waals surface area contributed by atoms with Crippen LogP contribution in [0.5, 0.6) is 0 Å². The summed E-state index contributed by atoms with van der Waals surface area (Å²) in [7, 11) is 0. The lowest BCUT2D eigenvalue weighted by Crippen LogP contribution is -2.25. The third kappa shape index (κ3) is 3.73. The van der Waals surface area contributed by atoms with Crippen LogP contribution in [0.1, 0.15) is 29.8 Å². The van der Waals surface area contributed by atoms with Crippen LogP contribution in [0.3, 0.4) is 0 Å². The number of halogens is 2. The summed E-state index contributed by atoms with van der Waals surface area (Å²) in [6.45, 7) is 0. The van der Waals surface area contributed by atoms with Gasteiger partial charge in [0.25, 0.3) is 0 Å². The van der Waals surface area contributed by atoms with Crippen molar-refractivity contribution in [3.8, 4) is 11.3 Å². The summed E-state index contributed by atoms with van der Waals surface area (Å²) >= 11 is 14.7. The van der Waals surface area contributed by atoms with Gasteiger partial charge in [-0.1, -0.05) is 29.3 Å². The van der Waals surface area contributed by atoms with E-state index in [0.717, 1.165) is 34.9 Å². The monoisotopic (exact) mass is 426 g/mol. The van der Waals surface area contributed by atoms with Crippen molar-refractivity contribution in [1.82, 2.24) is 20.4 Å².